The van der Waals surface area contributed by atoms with Gasteiger partial charge in [-0.25, -0.2) is 10.2 Å². The van der Waals surface area contributed by atoms with E-state index in [0.29, 0.717) is 24.8 Å². The van der Waals surface area contributed by atoms with Gasteiger partial charge in [-0.1, -0.05) is 0 Å². The summed E-state index contributed by atoms with van der Waals surface area (Å²) < 4.78 is 10.9. The Morgan fingerprint density at radius 2 is 1.55 bits per heavy atom. The number of halogens is 2. The van der Waals surface area contributed by atoms with Crippen LogP contribution in [0.3, 0.4) is 0 Å². The molecular formula is C4H11Cl2N2O2P. The van der Waals surface area contributed by atoms with Crippen molar-refractivity contribution in [2.45, 2.75) is 0 Å². The first-order chi connectivity index (χ1) is 5.12. The van der Waals surface area contributed by atoms with E-state index in [4.69, 9.17) is 28.1 Å². The highest BCUT2D eigenvalue weighted by atomic mass is 35.5. The van der Waals surface area contributed by atoms with E-state index in [9.17, 15) is 4.57 Å². The van der Waals surface area contributed by atoms with Gasteiger partial charge in [0, 0.05) is 24.8 Å². The summed E-state index contributed by atoms with van der Waals surface area (Å²) in [5.74, 6) is 0.597. The van der Waals surface area contributed by atoms with E-state index in [1.165, 1.54) is 0 Å². The van der Waals surface area contributed by atoms with E-state index < -0.39 is 7.67 Å². The van der Waals surface area contributed by atoms with Gasteiger partial charge in [0.15, 0.2) is 0 Å². The van der Waals surface area contributed by atoms with Crippen molar-refractivity contribution in [3.05, 3.63) is 0 Å². The van der Waals surface area contributed by atoms with Crippen LogP contribution in [0.4, 0.5) is 0 Å². The minimum Gasteiger partial charge on any atom is -0.322 e. The Labute approximate surface area is 75.8 Å². The SMILES string of the molecule is O=P(O)([15NH]CCCl)[15NH]CCCl. The molecule has 0 heterocycles. The van der Waals surface area contributed by atoms with Gasteiger partial charge >= 0.3 is 7.67 Å². The normalized spacial score (nSPS) is 11.9. The van der Waals surface area contributed by atoms with Crippen LogP contribution in [0.2, 0.25) is 0 Å². The van der Waals surface area contributed by atoms with Gasteiger partial charge in [0.1, 0.15) is 0 Å². The lowest BCUT2D eigenvalue weighted by Gasteiger charge is -2.11. The van der Waals surface area contributed by atoms with Crippen LogP contribution in [0.5, 0.6) is 0 Å². The highest BCUT2D eigenvalue weighted by molar-refractivity contribution is 7.53. The average molecular weight is 223 g/mol. The Morgan fingerprint density at radius 1 is 1.18 bits per heavy atom. The maximum Gasteiger partial charge on any atom is 0.338 e. The molecule has 4 nitrogen and oxygen atoms in total. The van der Waals surface area contributed by atoms with Gasteiger partial charge in [0.25, 0.3) is 0 Å². The molecule has 0 unspecified atom stereocenters. The first-order valence-corrected chi connectivity index (χ1v) is 5.80. The van der Waals surface area contributed by atoms with Gasteiger partial charge in [0.05, 0.1) is 0 Å². The highest BCUT2D eigenvalue weighted by Gasteiger charge is 2.14. The van der Waals surface area contributed by atoms with Crippen molar-refractivity contribution < 1.29 is 9.46 Å². The molecular weight excluding hydrogens is 212 g/mol. The molecule has 0 aliphatic heterocycles. The lowest BCUT2D eigenvalue weighted by atomic mass is 10.9. The average Bonchev–Trinajstić information content (AvgIpc) is 1.97. The van der Waals surface area contributed by atoms with Crippen LogP contribution in [0.25, 0.3) is 0 Å². The molecule has 7 heteroatoms. The number of hydrogen-bond donors (Lipinski definition) is 3. The molecule has 0 spiro atoms. The standard InChI is InChI=1S/C4H11Cl2N2O2P/c5-1-3-7-11(9,10)8-4-2-6/h1-4H2,(H3,7,8,9,10)/i7+1,8+1. The molecule has 0 aromatic heterocycles. The summed E-state index contributed by atoms with van der Waals surface area (Å²) in [7, 11) is -3.39. The fourth-order valence-corrected chi connectivity index (χ4v) is 1.84. The Bertz CT molecular complexity index is 134. The van der Waals surface area contributed by atoms with Crippen molar-refractivity contribution in [1.82, 2.24) is 10.2 Å². The maximum absolute atomic E-state index is 10.9. The predicted molar refractivity (Wildman–Crippen MR) is 47.3 cm³/mol. The second-order valence-corrected chi connectivity index (χ2v) is 4.31. The van der Waals surface area contributed by atoms with Gasteiger partial charge in [-0.05, 0) is 0 Å². The van der Waals surface area contributed by atoms with E-state index in [2.05, 4.69) is 10.2 Å². The molecule has 0 aliphatic carbocycles. The Balaban J connectivity index is 3.53. The summed E-state index contributed by atoms with van der Waals surface area (Å²) in [6, 6.07) is 0. The van der Waals surface area contributed by atoms with Gasteiger partial charge < -0.3 is 4.89 Å². The quantitative estimate of drug-likeness (QED) is 0.353. The number of rotatable bonds is 6. The Hall–Kier alpha value is 0.690. The summed E-state index contributed by atoms with van der Waals surface area (Å²) in [5, 5.41) is 4.71. The van der Waals surface area contributed by atoms with E-state index >= 15 is 0 Å². The van der Waals surface area contributed by atoms with Crippen molar-refractivity contribution in [3.8, 4) is 0 Å². The zero-order valence-corrected chi connectivity index (χ0v) is 8.29. The van der Waals surface area contributed by atoms with Crippen LogP contribution in [-0.4, -0.2) is 29.7 Å². The number of nitrogens with one attached hydrogen (secondary N) is 2. The molecule has 0 bridgehead atoms. The van der Waals surface area contributed by atoms with Crippen LogP contribution in [-0.2, 0) is 4.57 Å². The fraction of sp³-hybridized carbons (Fsp3) is 1.00. The van der Waals surface area contributed by atoms with Crippen molar-refractivity contribution in [1.29, 1.82) is 0 Å². The number of alkyl halides is 2. The molecule has 0 rings (SSSR count). The molecule has 0 aromatic carbocycles. The number of hydrogen-bond acceptors (Lipinski definition) is 1. The lowest BCUT2D eigenvalue weighted by molar-refractivity contribution is 0.451. The van der Waals surface area contributed by atoms with Gasteiger partial charge in [-0.3, -0.25) is 4.57 Å². The molecule has 0 fully saturated rings. The Morgan fingerprint density at radius 3 is 1.82 bits per heavy atom. The largest absolute Gasteiger partial charge is 0.338 e. The van der Waals surface area contributed by atoms with Crippen molar-refractivity contribution in [3.63, 3.8) is 0 Å². The lowest BCUT2D eigenvalue weighted by Crippen LogP contribution is -2.24. The van der Waals surface area contributed by atoms with Crippen LogP contribution >= 0.6 is 30.9 Å². The van der Waals surface area contributed by atoms with Gasteiger partial charge in [-0.15, -0.1) is 23.2 Å². The second kappa shape index (κ2) is 6.23. The third-order valence-electron chi connectivity index (χ3n) is 0.841. The Kier molecular flexibility index (Phi) is 6.62. The van der Waals surface area contributed by atoms with Gasteiger partial charge in [-0.2, -0.15) is 0 Å². The van der Waals surface area contributed by atoms with E-state index in [0.717, 1.165) is 0 Å². The minimum atomic E-state index is -3.39. The molecule has 11 heavy (non-hydrogen) atoms. The summed E-state index contributed by atoms with van der Waals surface area (Å²) in [6.45, 7) is 0.592. The second-order valence-electron chi connectivity index (χ2n) is 1.77. The first-order valence-electron chi connectivity index (χ1n) is 3.07. The predicted octanol–water partition coefficient (Wildman–Crippen LogP) is 0.744. The third kappa shape index (κ3) is 7.06. The molecule has 0 saturated carbocycles. The van der Waals surface area contributed by atoms with E-state index in [1.54, 1.807) is 0 Å². The van der Waals surface area contributed by atoms with E-state index in [1.807, 2.05) is 0 Å². The van der Waals surface area contributed by atoms with Crippen LogP contribution in [0, 0.1) is 0 Å². The molecule has 0 aromatic rings. The van der Waals surface area contributed by atoms with Crippen molar-refractivity contribution in [2.75, 3.05) is 24.8 Å². The van der Waals surface area contributed by atoms with Gasteiger partial charge in [0.2, 0.25) is 0 Å². The maximum atomic E-state index is 10.9. The first kappa shape index (κ1) is 11.7. The highest BCUT2D eigenvalue weighted by Crippen LogP contribution is 2.28. The molecule has 0 aliphatic rings. The molecule has 0 radical (unpaired) electrons. The zero-order valence-electron chi connectivity index (χ0n) is 5.89. The van der Waals surface area contributed by atoms with Crippen molar-refractivity contribution >= 4 is 30.9 Å². The summed E-state index contributed by atoms with van der Waals surface area (Å²) in [4.78, 5) is 8.99. The third-order valence-corrected chi connectivity index (χ3v) is 2.52. The topological polar surface area (TPSA) is 61.4 Å². The minimum absolute atomic E-state index is 0.296. The summed E-state index contributed by atoms with van der Waals surface area (Å²) in [5.41, 5.74) is 0. The van der Waals surface area contributed by atoms with Crippen LogP contribution in [0.1, 0.15) is 0 Å². The monoisotopic (exact) mass is 222 g/mol. The van der Waals surface area contributed by atoms with Crippen molar-refractivity contribution in [2.24, 2.45) is 0 Å². The smallest absolute Gasteiger partial charge is 0.322 e. The summed E-state index contributed by atoms with van der Waals surface area (Å²) in [6.07, 6.45) is 0. The van der Waals surface area contributed by atoms with Crippen LogP contribution in [0.15, 0.2) is 0 Å². The molecule has 0 atom stereocenters. The molecule has 0 amide bonds. The van der Waals surface area contributed by atoms with E-state index in [-0.39, 0.29) is 0 Å². The fourth-order valence-electron chi connectivity index (χ4n) is 0.444. The van der Waals surface area contributed by atoms with Crippen LogP contribution < -0.4 is 10.2 Å². The zero-order chi connectivity index (χ0) is 8.74. The molecule has 68 valence electrons. The molecule has 3 N–H and O–H groups in total. The molecule has 0 saturated heterocycles. The summed E-state index contributed by atoms with van der Waals surface area (Å²) >= 11 is 10.6.